The monoisotopic (exact) mass is 446 g/mol. The molecule has 168 valence electrons. The number of carbonyl (C=O) groups is 2. The maximum Gasteiger partial charge on any atom is 0.272 e. The lowest BCUT2D eigenvalue weighted by Gasteiger charge is -2.13. The van der Waals surface area contributed by atoms with Gasteiger partial charge in [-0.25, -0.2) is 0 Å². The average molecular weight is 446 g/mol. The van der Waals surface area contributed by atoms with Crippen LogP contribution in [0.3, 0.4) is 0 Å². The molecule has 0 fully saturated rings. The number of rotatable bonds is 7. The van der Waals surface area contributed by atoms with E-state index >= 15 is 0 Å². The molecule has 1 heterocycles. The van der Waals surface area contributed by atoms with Gasteiger partial charge in [-0.1, -0.05) is 18.2 Å². The van der Waals surface area contributed by atoms with E-state index in [4.69, 9.17) is 18.9 Å². The Kier molecular flexibility index (Phi) is 6.45. The Morgan fingerprint density at radius 3 is 2.42 bits per heavy atom. The molecule has 8 nitrogen and oxygen atoms in total. The van der Waals surface area contributed by atoms with Crippen LogP contribution in [0.25, 0.3) is 6.08 Å². The van der Waals surface area contributed by atoms with Crippen LogP contribution in [0.15, 0.2) is 72.4 Å². The molecular weight excluding hydrogens is 424 g/mol. The summed E-state index contributed by atoms with van der Waals surface area (Å²) >= 11 is 0. The van der Waals surface area contributed by atoms with Crippen LogP contribution in [-0.4, -0.2) is 32.8 Å². The molecule has 0 saturated carbocycles. The van der Waals surface area contributed by atoms with Crippen molar-refractivity contribution in [1.82, 2.24) is 5.32 Å². The fraction of sp³-hybridized carbons (Fsp3) is 0.120. The number of para-hydroxylation sites is 1. The Labute approximate surface area is 190 Å². The van der Waals surface area contributed by atoms with Gasteiger partial charge in [0.25, 0.3) is 11.8 Å². The maximum atomic E-state index is 13.1. The number of hydrogen-bond acceptors (Lipinski definition) is 6. The molecule has 4 rings (SSSR count). The molecule has 0 unspecified atom stereocenters. The number of nitrogens with one attached hydrogen (secondary N) is 2. The summed E-state index contributed by atoms with van der Waals surface area (Å²) in [6, 6.07) is 18.9. The molecule has 0 spiro atoms. The van der Waals surface area contributed by atoms with Crippen molar-refractivity contribution in [3.63, 3.8) is 0 Å². The van der Waals surface area contributed by atoms with E-state index in [1.807, 2.05) is 0 Å². The Morgan fingerprint density at radius 1 is 0.909 bits per heavy atom. The van der Waals surface area contributed by atoms with Gasteiger partial charge < -0.3 is 29.6 Å². The average Bonchev–Trinajstić information content (AvgIpc) is 3.32. The number of ether oxygens (including phenoxy) is 4. The van der Waals surface area contributed by atoms with Crippen molar-refractivity contribution >= 4 is 23.6 Å². The van der Waals surface area contributed by atoms with Crippen molar-refractivity contribution in [3.05, 3.63) is 83.6 Å². The lowest BCUT2D eigenvalue weighted by atomic mass is 10.1. The van der Waals surface area contributed by atoms with Crippen LogP contribution in [0.1, 0.15) is 15.9 Å². The normalized spacial score (nSPS) is 12.1. The first kappa shape index (κ1) is 21.8. The van der Waals surface area contributed by atoms with E-state index in [1.165, 1.54) is 7.11 Å². The van der Waals surface area contributed by atoms with Gasteiger partial charge in [0.15, 0.2) is 11.5 Å². The molecular formula is C25H22N2O6. The van der Waals surface area contributed by atoms with E-state index in [9.17, 15) is 9.59 Å². The summed E-state index contributed by atoms with van der Waals surface area (Å²) in [5.41, 5.74) is 1.54. The lowest BCUT2D eigenvalue weighted by molar-refractivity contribution is -0.113. The fourth-order valence-corrected chi connectivity index (χ4v) is 3.22. The predicted octanol–water partition coefficient (Wildman–Crippen LogP) is 3.84. The summed E-state index contributed by atoms with van der Waals surface area (Å²) in [7, 11) is 3.04. The first-order valence-corrected chi connectivity index (χ1v) is 10.1. The molecule has 0 atom stereocenters. The summed E-state index contributed by atoms with van der Waals surface area (Å²) in [6.07, 6.45) is 1.56. The number of benzene rings is 3. The van der Waals surface area contributed by atoms with E-state index < -0.39 is 11.8 Å². The molecule has 3 aromatic carbocycles. The van der Waals surface area contributed by atoms with Crippen LogP contribution in [0, 0.1) is 0 Å². The highest BCUT2D eigenvalue weighted by molar-refractivity contribution is 6.11. The molecule has 33 heavy (non-hydrogen) atoms. The SMILES string of the molecule is COc1ccc(NC(=O)/C(=C/c2ccc3c(c2)OCO3)NC(=O)c2ccccc2OC)cc1. The zero-order valence-electron chi connectivity index (χ0n) is 18.1. The number of fused-ring (bicyclic) bond motifs is 1. The third-order valence-electron chi connectivity index (χ3n) is 4.90. The summed E-state index contributed by atoms with van der Waals surface area (Å²) in [5, 5.41) is 5.49. The van der Waals surface area contributed by atoms with Crippen LogP contribution in [0.4, 0.5) is 5.69 Å². The summed E-state index contributed by atoms with van der Waals surface area (Å²) in [5.74, 6) is 1.26. The van der Waals surface area contributed by atoms with Gasteiger partial charge in [0.05, 0.1) is 19.8 Å². The van der Waals surface area contributed by atoms with Gasteiger partial charge in [0.1, 0.15) is 17.2 Å². The highest BCUT2D eigenvalue weighted by atomic mass is 16.7. The van der Waals surface area contributed by atoms with E-state index in [2.05, 4.69) is 10.6 Å². The van der Waals surface area contributed by atoms with Crippen molar-refractivity contribution in [2.45, 2.75) is 0 Å². The summed E-state index contributed by atoms with van der Waals surface area (Å²) < 4.78 is 21.2. The molecule has 0 aliphatic carbocycles. The smallest absolute Gasteiger partial charge is 0.272 e. The minimum absolute atomic E-state index is 0.0422. The van der Waals surface area contributed by atoms with Crippen molar-refractivity contribution < 1.29 is 28.5 Å². The predicted molar refractivity (Wildman–Crippen MR) is 123 cm³/mol. The Balaban J connectivity index is 1.63. The van der Waals surface area contributed by atoms with Crippen molar-refractivity contribution in [2.75, 3.05) is 26.3 Å². The van der Waals surface area contributed by atoms with Crippen LogP contribution in [-0.2, 0) is 4.79 Å². The molecule has 2 amide bonds. The van der Waals surface area contributed by atoms with Crippen LogP contribution in [0.5, 0.6) is 23.0 Å². The van der Waals surface area contributed by atoms with Crippen LogP contribution >= 0.6 is 0 Å². The van der Waals surface area contributed by atoms with Gasteiger partial charge >= 0.3 is 0 Å². The van der Waals surface area contributed by atoms with E-state index in [0.29, 0.717) is 39.8 Å². The molecule has 0 saturated heterocycles. The molecule has 3 aromatic rings. The summed E-state index contributed by atoms with van der Waals surface area (Å²) in [6.45, 7) is 0.137. The van der Waals surface area contributed by atoms with Gasteiger partial charge in [-0.15, -0.1) is 0 Å². The van der Waals surface area contributed by atoms with Gasteiger partial charge in [0, 0.05) is 5.69 Å². The number of methoxy groups -OCH3 is 2. The number of anilines is 1. The summed E-state index contributed by atoms with van der Waals surface area (Å²) in [4.78, 5) is 26.1. The van der Waals surface area contributed by atoms with Gasteiger partial charge in [-0.2, -0.15) is 0 Å². The van der Waals surface area contributed by atoms with E-state index in [1.54, 1.807) is 79.9 Å². The largest absolute Gasteiger partial charge is 0.497 e. The zero-order chi connectivity index (χ0) is 23.2. The van der Waals surface area contributed by atoms with Gasteiger partial charge in [-0.05, 0) is 60.2 Å². The second-order valence-electron chi connectivity index (χ2n) is 7.01. The third kappa shape index (κ3) is 5.07. The fourth-order valence-electron chi connectivity index (χ4n) is 3.22. The molecule has 8 heteroatoms. The quantitative estimate of drug-likeness (QED) is 0.536. The number of amides is 2. The molecule has 0 bridgehead atoms. The van der Waals surface area contributed by atoms with E-state index in [-0.39, 0.29) is 12.5 Å². The molecule has 0 radical (unpaired) electrons. The molecule has 1 aliphatic rings. The van der Waals surface area contributed by atoms with Crippen molar-refractivity contribution in [3.8, 4) is 23.0 Å². The number of hydrogen-bond donors (Lipinski definition) is 2. The zero-order valence-corrected chi connectivity index (χ0v) is 18.1. The first-order chi connectivity index (χ1) is 16.1. The molecule has 0 aromatic heterocycles. The maximum absolute atomic E-state index is 13.1. The van der Waals surface area contributed by atoms with Crippen LogP contribution < -0.4 is 29.6 Å². The number of carbonyl (C=O) groups excluding carboxylic acids is 2. The van der Waals surface area contributed by atoms with E-state index in [0.717, 1.165) is 0 Å². The minimum atomic E-state index is -0.499. The first-order valence-electron chi connectivity index (χ1n) is 10.1. The van der Waals surface area contributed by atoms with Crippen molar-refractivity contribution in [2.24, 2.45) is 0 Å². The molecule has 2 N–H and O–H groups in total. The van der Waals surface area contributed by atoms with Gasteiger partial charge in [0.2, 0.25) is 6.79 Å². The second-order valence-corrected chi connectivity index (χ2v) is 7.01. The Morgan fingerprint density at radius 2 is 1.67 bits per heavy atom. The van der Waals surface area contributed by atoms with Gasteiger partial charge in [-0.3, -0.25) is 9.59 Å². The topological polar surface area (TPSA) is 95.1 Å². The highest BCUT2D eigenvalue weighted by Crippen LogP contribution is 2.33. The Bertz CT molecular complexity index is 1200. The lowest BCUT2D eigenvalue weighted by Crippen LogP contribution is -2.31. The highest BCUT2D eigenvalue weighted by Gasteiger charge is 2.19. The third-order valence-corrected chi connectivity index (χ3v) is 4.90. The van der Waals surface area contributed by atoms with Crippen molar-refractivity contribution in [1.29, 1.82) is 0 Å². The second kappa shape index (κ2) is 9.78. The minimum Gasteiger partial charge on any atom is -0.497 e. The van der Waals surface area contributed by atoms with Crippen LogP contribution in [0.2, 0.25) is 0 Å². The molecule has 1 aliphatic heterocycles. The standard InChI is InChI=1S/C25H22N2O6/c1-30-18-10-8-17(9-11-18)26-25(29)20(13-16-7-12-22-23(14-16)33-15-32-22)27-24(28)19-5-3-4-6-21(19)31-2/h3-14H,15H2,1-2H3,(H,26,29)(H,27,28)/b20-13-. The Hall–Kier alpha value is -4.46.